The second-order valence-corrected chi connectivity index (χ2v) is 7.77. The summed E-state index contributed by atoms with van der Waals surface area (Å²) >= 11 is 0. The quantitative estimate of drug-likeness (QED) is 0.877. The van der Waals surface area contributed by atoms with Crippen LogP contribution < -0.4 is 5.32 Å². The van der Waals surface area contributed by atoms with E-state index in [1.54, 1.807) is 0 Å². The standard InChI is InChI=1S/C23H28N2O2/c1-15-7-8-21(18(4)11-15)24-22(26)19-6-5-9-25(14-19)23(27)20-12-16(2)10-17(3)13-20/h7-8,10-13,19H,5-6,9,14H2,1-4H3,(H,24,26)/t19-/m0/s1. The lowest BCUT2D eigenvalue weighted by molar-refractivity contribution is -0.121. The smallest absolute Gasteiger partial charge is 0.253 e. The summed E-state index contributed by atoms with van der Waals surface area (Å²) in [5.74, 6) is -0.153. The number of benzene rings is 2. The highest BCUT2D eigenvalue weighted by Crippen LogP contribution is 2.23. The van der Waals surface area contributed by atoms with Crippen molar-refractivity contribution in [2.24, 2.45) is 5.92 Å². The molecule has 142 valence electrons. The average molecular weight is 364 g/mol. The van der Waals surface area contributed by atoms with Gasteiger partial charge in [0, 0.05) is 24.3 Å². The molecule has 0 unspecified atom stereocenters. The molecular weight excluding hydrogens is 336 g/mol. The van der Waals surface area contributed by atoms with Crippen LogP contribution in [-0.4, -0.2) is 29.8 Å². The van der Waals surface area contributed by atoms with Gasteiger partial charge in [0.1, 0.15) is 0 Å². The number of likely N-dealkylation sites (tertiary alicyclic amines) is 1. The van der Waals surface area contributed by atoms with Crippen LogP contribution in [0.15, 0.2) is 36.4 Å². The van der Waals surface area contributed by atoms with Crippen LogP contribution in [0.1, 0.15) is 45.5 Å². The maximum Gasteiger partial charge on any atom is 0.253 e. The number of piperidine rings is 1. The summed E-state index contributed by atoms with van der Waals surface area (Å²) in [5.41, 5.74) is 5.96. The van der Waals surface area contributed by atoms with Gasteiger partial charge in [0.05, 0.1) is 5.92 Å². The molecule has 2 aromatic carbocycles. The predicted octanol–water partition coefficient (Wildman–Crippen LogP) is 4.41. The molecule has 1 heterocycles. The Kier molecular flexibility index (Phi) is 5.64. The van der Waals surface area contributed by atoms with Crippen molar-refractivity contribution in [3.63, 3.8) is 0 Å². The fourth-order valence-corrected chi connectivity index (χ4v) is 3.84. The summed E-state index contributed by atoms with van der Waals surface area (Å²) in [6, 6.07) is 11.9. The first-order chi connectivity index (χ1) is 12.8. The Morgan fingerprint density at radius 1 is 0.963 bits per heavy atom. The number of amides is 2. The monoisotopic (exact) mass is 364 g/mol. The first kappa shape index (κ1) is 19.2. The highest BCUT2D eigenvalue weighted by Gasteiger charge is 2.29. The van der Waals surface area contributed by atoms with Gasteiger partial charge in [-0.3, -0.25) is 9.59 Å². The van der Waals surface area contributed by atoms with Gasteiger partial charge in [0.2, 0.25) is 5.91 Å². The Morgan fingerprint density at radius 3 is 2.33 bits per heavy atom. The van der Waals surface area contributed by atoms with E-state index in [1.165, 1.54) is 5.56 Å². The number of rotatable bonds is 3. The van der Waals surface area contributed by atoms with Gasteiger partial charge in [-0.2, -0.15) is 0 Å². The molecule has 1 saturated heterocycles. The molecule has 1 aliphatic heterocycles. The van der Waals surface area contributed by atoms with E-state index in [9.17, 15) is 9.59 Å². The highest BCUT2D eigenvalue weighted by molar-refractivity contribution is 5.96. The highest BCUT2D eigenvalue weighted by atomic mass is 16.2. The first-order valence-corrected chi connectivity index (χ1v) is 9.59. The van der Waals surface area contributed by atoms with E-state index in [0.29, 0.717) is 18.7 Å². The Labute approximate surface area is 161 Å². The fourth-order valence-electron chi connectivity index (χ4n) is 3.84. The van der Waals surface area contributed by atoms with Crippen LogP contribution in [0.25, 0.3) is 0 Å². The van der Waals surface area contributed by atoms with E-state index in [0.717, 1.165) is 35.2 Å². The first-order valence-electron chi connectivity index (χ1n) is 9.59. The second kappa shape index (κ2) is 7.95. The Balaban J connectivity index is 1.69. The zero-order chi connectivity index (χ0) is 19.6. The third kappa shape index (κ3) is 4.57. The Hall–Kier alpha value is -2.62. The zero-order valence-corrected chi connectivity index (χ0v) is 16.6. The van der Waals surface area contributed by atoms with Crippen molar-refractivity contribution in [3.05, 3.63) is 64.2 Å². The maximum atomic E-state index is 12.9. The van der Waals surface area contributed by atoms with Gasteiger partial charge in [-0.15, -0.1) is 0 Å². The van der Waals surface area contributed by atoms with Crippen molar-refractivity contribution in [1.82, 2.24) is 4.90 Å². The van der Waals surface area contributed by atoms with E-state index >= 15 is 0 Å². The molecule has 0 saturated carbocycles. The van der Waals surface area contributed by atoms with Crippen molar-refractivity contribution in [2.75, 3.05) is 18.4 Å². The lowest BCUT2D eigenvalue weighted by atomic mass is 9.95. The van der Waals surface area contributed by atoms with Crippen molar-refractivity contribution in [3.8, 4) is 0 Å². The van der Waals surface area contributed by atoms with Crippen molar-refractivity contribution in [2.45, 2.75) is 40.5 Å². The summed E-state index contributed by atoms with van der Waals surface area (Å²) in [6.45, 7) is 9.22. The van der Waals surface area contributed by atoms with E-state index in [1.807, 2.05) is 56.9 Å². The molecule has 27 heavy (non-hydrogen) atoms. The second-order valence-electron chi connectivity index (χ2n) is 7.77. The number of carbonyl (C=O) groups excluding carboxylic acids is 2. The third-order valence-corrected chi connectivity index (χ3v) is 5.19. The summed E-state index contributed by atoms with van der Waals surface area (Å²) < 4.78 is 0. The van der Waals surface area contributed by atoms with Crippen LogP contribution in [0.4, 0.5) is 5.69 Å². The number of hydrogen-bond acceptors (Lipinski definition) is 2. The molecule has 0 spiro atoms. The van der Waals surface area contributed by atoms with Gasteiger partial charge in [0.15, 0.2) is 0 Å². The normalized spacial score (nSPS) is 16.9. The van der Waals surface area contributed by atoms with Crippen molar-refractivity contribution in [1.29, 1.82) is 0 Å². The van der Waals surface area contributed by atoms with Crippen LogP contribution >= 0.6 is 0 Å². The molecule has 1 aliphatic rings. The molecule has 4 nitrogen and oxygen atoms in total. The summed E-state index contributed by atoms with van der Waals surface area (Å²) in [5, 5.41) is 3.05. The third-order valence-electron chi connectivity index (χ3n) is 5.19. The average Bonchev–Trinajstić information content (AvgIpc) is 2.62. The molecule has 2 amide bonds. The van der Waals surface area contributed by atoms with E-state index < -0.39 is 0 Å². The van der Waals surface area contributed by atoms with Crippen LogP contribution in [-0.2, 0) is 4.79 Å². The van der Waals surface area contributed by atoms with Crippen LogP contribution in [0.2, 0.25) is 0 Å². The van der Waals surface area contributed by atoms with Gasteiger partial charge >= 0.3 is 0 Å². The summed E-state index contributed by atoms with van der Waals surface area (Å²) in [7, 11) is 0. The van der Waals surface area contributed by atoms with Crippen molar-refractivity contribution < 1.29 is 9.59 Å². The minimum atomic E-state index is -0.172. The minimum absolute atomic E-state index is 0.000115. The van der Waals surface area contributed by atoms with Crippen LogP contribution in [0.5, 0.6) is 0 Å². The largest absolute Gasteiger partial charge is 0.338 e. The zero-order valence-electron chi connectivity index (χ0n) is 16.6. The number of hydrogen-bond donors (Lipinski definition) is 1. The van der Waals surface area contributed by atoms with Crippen LogP contribution in [0, 0.1) is 33.6 Å². The van der Waals surface area contributed by atoms with E-state index in [-0.39, 0.29) is 17.7 Å². The molecular formula is C23H28N2O2. The molecule has 1 N–H and O–H groups in total. The lowest BCUT2D eigenvalue weighted by Crippen LogP contribution is -2.43. The minimum Gasteiger partial charge on any atom is -0.338 e. The molecule has 0 radical (unpaired) electrons. The molecule has 4 heteroatoms. The molecule has 0 aromatic heterocycles. The molecule has 0 bridgehead atoms. The summed E-state index contributed by atoms with van der Waals surface area (Å²) in [4.78, 5) is 27.5. The van der Waals surface area contributed by atoms with E-state index in [4.69, 9.17) is 0 Å². The number of aryl methyl sites for hydroxylation is 4. The molecule has 1 atom stereocenters. The van der Waals surface area contributed by atoms with E-state index in [2.05, 4.69) is 17.4 Å². The topological polar surface area (TPSA) is 49.4 Å². The lowest BCUT2D eigenvalue weighted by Gasteiger charge is -2.32. The van der Waals surface area contributed by atoms with Gasteiger partial charge in [-0.25, -0.2) is 0 Å². The predicted molar refractivity (Wildman–Crippen MR) is 109 cm³/mol. The van der Waals surface area contributed by atoms with Gasteiger partial charge in [0.25, 0.3) is 5.91 Å². The number of anilines is 1. The van der Waals surface area contributed by atoms with Gasteiger partial charge < -0.3 is 10.2 Å². The number of nitrogens with zero attached hydrogens (tertiary/aromatic N) is 1. The Morgan fingerprint density at radius 2 is 1.67 bits per heavy atom. The SMILES string of the molecule is Cc1cc(C)cc(C(=O)N2CCC[C@H](C(=O)Nc3ccc(C)cc3C)C2)c1. The molecule has 1 fully saturated rings. The molecule has 2 aromatic rings. The number of nitrogens with one attached hydrogen (secondary N) is 1. The fraction of sp³-hybridized carbons (Fsp3) is 0.391. The van der Waals surface area contributed by atoms with Crippen LogP contribution in [0.3, 0.4) is 0 Å². The molecule has 3 rings (SSSR count). The van der Waals surface area contributed by atoms with Gasteiger partial charge in [-0.05, 0) is 64.3 Å². The number of carbonyl (C=O) groups is 2. The van der Waals surface area contributed by atoms with Crippen molar-refractivity contribution >= 4 is 17.5 Å². The molecule has 0 aliphatic carbocycles. The van der Waals surface area contributed by atoms with Gasteiger partial charge in [-0.1, -0.05) is 34.9 Å². The summed E-state index contributed by atoms with van der Waals surface area (Å²) in [6.07, 6.45) is 1.66. The maximum absolute atomic E-state index is 12.9. The Bertz CT molecular complexity index is 852.